The van der Waals surface area contributed by atoms with Gasteiger partial charge in [0.2, 0.25) is 5.91 Å². The maximum Gasteiger partial charge on any atom is 0.303 e. The molecule has 0 saturated heterocycles. The molecule has 110 valence electrons. The molecule has 5 heteroatoms. The summed E-state index contributed by atoms with van der Waals surface area (Å²) in [5.41, 5.74) is 1.92. The van der Waals surface area contributed by atoms with E-state index in [2.05, 4.69) is 10.2 Å². The number of rotatable bonds is 8. The minimum Gasteiger partial charge on any atom is -0.481 e. The number of nitrogens with one attached hydrogen (secondary N) is 1. The molecule has 0 aromatic heterocycles. The van der Waals surface area contributed by atoms with E-state index in [4.69, 9.17) is 5.11 Å². The largest absolute Gasteiger partial charge is 0.481 e. The summed E-state index contributed by atoms with van der Waals surface area (Å²) in [5, 5.41) is 11.4. The summed E-state index contributed by atoms with van der Waals surface area (Å²) in [4.78, 5) is 24.1. The lowest BCUT2D eigenvalue weighted by Crippen LogP contribution is -2.13. The van der Waals surface area contributed by atoms with Gasteiger partial charge in [0.15, 0.2) is 0 Å². The number of amides is 1. The summed E-state index contributed by atoms with van der Waals surface area (Å²) in [6.07, 6.45) is 1.59. The highest BCUT2D eigenvalue weighted by Crippen LogP contribution is 2.12. The smallest absolute Gasteiger partial charge is 0.303 e. The molecular formula is C15H22N2O3. The molecule has 0 heterocycles. The van der Waals surface area contributed by atoms with Gasteiger partial charge in [-0.25, -0.2) is 0 Å². The number of carbonyl (C=O) groups excluding carboxylic acids is 1. The molecule has 0 atom stereocenters. The van der Waals surface area contributed by atoms with Gasteiger partial charge in [-0.15, -0.1) is 0 Å². The molecule has 1 amide bonds. The summed E-state index contributed by atoms with van der Waals surface area (Å²) < 4.78 is 0. The SMILES string of the molecule is CN(C)Cc1cccc(NC(=O)CCCCC(=O)O)c1. The Morgan fingerprint density at radius 2 is 1.90 bits per heavy atom. The zero-order chi connectivity index (χ0) is 15.0. The third kappa shape index (κ3) is 6.89. The molecule has 20 heavy (non-hydrogen) atoms. The molecule has 0 bridgehead atoms. The van der Waals surface area contributed by atoms with E-state index in [0.717, 1.165) is 17.8 Å². The fraction of sp³-hybridized carbons (Fsp3) is 0.467. The van der Waals surface area contributed by atoms with Crippen molar-refractivity contribution < 1.29 is 14.7 Å². The van der Waals surface area contributed by atoms with Crippen LogP contribution in [-0.2, 0) is 16.1 Å². The molecule has 0 aliphatic rings. The average molecular weight is 278 g/mol. The van der Waals surface area contributed by atoms with Crippen molar-refractivity contribution in [3.8, 4) is 0 Å². The van der Waals surface area contributed by atoms with Crippen molar-refractivity contribution in [2.75, 3.05) is 19.4 Å². The Kier molecular flexibility index (Phi) is 6.73. The van der Waals surface area contributed by atoms with E-state index >= 15 is 0 Å². The minimum atomic E-state index is -0.818. The van der Waals surface area contributed by atoms with Gasteiger partial charge in [0, 0.05) is 25.1 Å². The summed E-state index contributed by atoms with van der Waals surface area (Å²) in [6, 6.07) is 7.74. The summed E-state index contributed by atoms with van der Waals surface area (Å²) in [5.74, 6) is -0.890. The molecule has 0 fully saturated rings. The van der Waals surface area contributed by atoms with Gasteiger partial charge in [-0.1, -0.05) is 12.1 Å². The van der Waals surface area contributed by atoms with Crippen LogP contribution in [0, 0.1) is 0 Å². The zero-order valence-electron chi connectivity index (χ0n) is 12.1. The normalized spacial score (nSPS) is 10.6. The van der Waals surface area contributed by atoms with Crippen molar-refractivity contribution in [2.45, 2.75) is 32.2 Å². The molecule has 0 spiro atoms. The number of benzene rings is 1. The maximum atomic E-state index is 11.7. The van der Waals surface area contributed by atoms with Crippen molar-refractivity contribution in [1.82, 2.24) is 4.90 Å². The van der Waals surface area contributed by atoms with Crippen molar-refractivity contribution >= 4 is 17.6 Å². The van der Waals surface area contributed by atoms with Gasteiger partial charge in [0.05, 0.1) is 0 Å². The van der Waals surface area contributed by atoms with E-state index in [1.54, 1.807) is 0 Å². The average Bonchev–Trinajstić information content (AvgIpc) is 2.34. The number of unbranched alkanes of at least 4 members (excludes halogenated alkanes) is 1. The standard InChI is InChI=1S/C15H22N2O3/c1-17(2)11-12-6-5-7-13(10-12)16-14(18)8-3-4-9-15(19)20/h5-7,10H,3-4,8-9,11H2,1-2H3,(H,16,18)(H,19,20). The number of carboxylic acids is 1. The van der Waals surface area contributed by atoms with Crippen molar-refractivity contribution in [3.05, 3.63) is 29.8 Å². The maximum absolute atomic E-state index is 11.7. The second kappa shape index (κ2) is 8.32. The highest BCUT2D eigenvalue weighted by atomic mass is 16.4. The van der Waals surface area contributed by atoms with Gasteiger partial charge in [0.1, 0.15) is 0 Å². The molecular weight excluding hydrogens is 256 g/mol. The Bertz CT molecular complexity index is 458. The number of hydrogen-bond donors (Lipinski definition) is 2. The van der Waals surface area contributed by atoms with E-state index in [-0.39, 0.29) is 12.3 Å². The van der Waals surface area contributed by atoms with Gasteiger partial charge in [0.25, 0.3) is 0 Å². The molecule has 2 N–H and O–H groups in total. The van der Waals surface area contributed by atoms with Crippen LogP contribution in [0.25, 0.3) is 0 Å². The number of hydrogen-bond acceptors (Lipinski definition) is 3. The summed E-state index contributed by atoms with van der Waals surface area (Å²) in [7, 11) is 3.99. The predicted octanol–water partition coefficient (Wildman–Crippen LogP) is 2.33. The summed E-state index contributed by atoms with van der Waals surface area (Å²) >= 11 is 0. The summed E-state index contributed by atoms with van der Waals surface area (Å²) in [6.45, 7) is 0.822. The molecule has 1 aromatic rings. The molecule has 0 radical (unpaired) electrons. The minimum absolute atomic E-state index is 0.0719. The first-order valence-corrected chi connectivity index (χ1v) is 6.72. The van der Waals surface area contributed by atoms with Crippen LogP contribution in [0.5, 0.6) is 0 Å². The first kappa shape index (κ1) is 16.2. The van der Waals surface area contributed by atoms with Gasteiger partial charge in [-0.2, -0.15) is 0 Å². The number of aliphatic carboxylic acids is 1. The second-order valence-corrected chi connectivity index (χ2v) is 5.09. The van der Waals surface area contributed by atoms with Crippen molar-refractivity contribution in [2.24, 2.45) is 0 Å². The highest BCUT2D eigenvalue weighted by Gasteiger charge is 2.04. The number of carboxylic acid groups (broad SMARTS) is 1. The van der Waals surface area contributed by atoms with Crippen LogP contribution < -0.4 is 5.32 Å². The first-order valence-electron chi connectivity index (χ1n) is 6.72. The quantitative estimate of drug-likeness (QED) is 0.716. The molecule has 5 nitrogen and oxygen atoms in total. The van der Waals surface area contributed by atoms with E-state index in [0.29, 0.717) is 19.3 Å². The van der Waals surface area contributed by atoms with Gasteiger partial charge in [-0.3, -0.25) is 9.59 Å². The monoisotopic (exact) mass is 278 g/mol. The van der Waals surface area contributed by atoms with E-state index in [1.165, 1.54) is 0 Å². The Balaban J connectivity index is 2.39. The van der Waals surface area contributed by atoms with Gasteiger partial charge < -0.3 is 15.3 Å². The predicted molar refractivity (Wildman–Crippen MR) is 78.6 cm³/mol. The third-order valence-electron chi connectivity index (χ3n) is 2.75. The van der Waals surface area contributed by atoms with Crippen LogP contribution in [0.15, 0.2) is 24.3 Å². The van der Waals surface area contributed by atoms with Crippen molar-refractivity contribution in [3.63, 3.8) is 0 Å². The van der Waals surface area contributed by atoms with E-state index in [9.17, 15) is 9.59 Å². The van der Waals surface area contributed by atoms with Gasteiger partial charge >= 0.3 is 5.97 Å². The number of nitrogens with zero attached hydrogens (tertiary/aromatic N) is 1. The molecule has 1 rings (SSSR count). The fourth-order valence-corrected chi connectivity index (χ4v) is 1.90. The Morgan fingerprint density at radius 3 is 2.55 bits per heavy atom. The topological polar surface area (TPSA) is 69.6 Å². The lowest BCUT2D eigenvalue weighted by Gasteiger charge is -2.11. The molecule has 1 aromatic carbocycles. The molecule has 0 unspecified atom stereocenters. The van der Waals surface area contributed by atoms with Crippen LogP contribution in [0.2, 0.25) is 0 Å². The Hall–Kier alpha value is -1.88. The van der Waals surface area contributed by atoms with Crippen molar-refractivity contribution in [1.29, 1.82) is 0 Å². The Labute approximate surface area is 119 Å². The van der Waals surface area contributed by atoms with E-state index in [1.807, 2.05) is 38.4 Å². The van der Waals surface area contributed by atoms with E-state index < -0.39 is 5.97 Å². The zero-order valence-corrected chi connectivity index (χ0v) is 12.1. The highest BCUT2D eigenvalue weighted by molar-refractivity contribution is 5.90. The second-order valence-electron chi connectivity index (χ2n) is 5.09. The third-order valence-corrected chi connectivity index (χ3v) is 2.75. The number of anilines is 1. The molecule has 0 aliphatic heterocycles. The number of carbonyl (C=O) groups is 2. The van der Waals surface area contributed by atoms with Crippen LogP contribution >= 0.6 is 0 Å². The lowest BCUT2D eigenvalue weighted by molar-refractivity contribution is -0.137. The fourth-order valence-electron chi connectivity index (χ4n) is 1.90. The van der Waals surface area contributed by atoms with Crippen LogP contribution in [0.3, 0.4) is 0 Å². The van der Waals surface area contributed by atoms with Crippen LogP contribution in [-0.4, -0.2) is 36.0 Å². The molecule has 0 saturated carbocycles. The van der Waals surface area contributed by atoms with Crippen LogP contribution in [0.4, 0.5) is 5.69 Å². The lowest BCUT2D eigenvalue weighted by atomic mass is 10.1. The Morgan fingerprint density at radius 1 is 1.20 bits per heavy atom. The molecule has 0 aliphatic carbocycles. The first-order chi connectivity index (χ1) is 9.47. The van der Waals surface area contributed by atoms with Gasteiger partial charge in [-0.05, 0) is 44.6 Å². The van der Waals surface area contributed by atoms with Crippen LogP contribution in [0.1, 0.15) is 31.2 Å².